The van der Waals surface area contributed by atoms with Gasteiger partial charge in [-0.15, -0.1) is 0 Å². The van der Waals surface area contributed by atoms with Gasteiger partial charge < -0.3 is 15.1 Å². The highest BCUT2D eigenvalue weighted by Crippen LogP contribution is 2.07. The van der Waals surface area contributed by atoms with Crippen LogP contribution in [0.2, 0.25) is 0 Å². The molecular formula is C16H21N2O2+. The van der Waals surface area contributed by atoms with Crippen molar-refractivity contribution in [1.29, 1.82) is 0 Å². The lowest BCUT2D eigenvalue weighted by atomic mass is 10.1. The number of hydrogen-bond acceptors (Lipinski definition) is 2. The largest absolute Gasteiger partial charge is 0.463 e. The Morgan fingerprint density at radius 2 is 2.10 bits per heavy atom. The Balaban J connectivity index is 1.75. The van der Waals surface area contributed by atoms with E-state index in [4.69, 9.17) is 4.42 Å². The van der Waals surface area contributed by atoms with Gasteiger partial charge in [0.1, 0.15) is 6.04 Å². The fraction of sp³-hybridized carbons (Fsp3) is 0.312. The molecule has 0 saturated carbocycles. The first kappa shape index (κ1) is 14.3. The summed E-state index contributed by atoms with van der Waals surface area (Å²) in [6, 6.07) is 12.0. The van der Waals surface area contributed by atoms with E-state index in [1.54, 1.807) is 6.26 Å². The summed E-state index contributed by atoms with van der Waals surface area (Å²) in [5.74, 6) is 0.920. The van der Waals surface area contributed by atoms with E-state index in [9.17, 15) is 4.79 Å². The topological polar surface area (TPSA) is 58.9 Å². The Morgan fingerprint density at radius 3 is 2.80 bits per heavy atom. The molecule has 3 N–H and O–H groups in total. The highest BCUT2D eigenvalue weighted by Gasteiger charge is 2.13. The monoisotopic (exact) mass is 273 g/mol. The van der Waals surface area contributed by atoms with Gasteiger partial charge in [-0.25, -0.2) is 0 Å². The minimum atomic E-state index is 0.0339. The lowest BCUT2D eigenvalue weighted by Crippen LogP contribution is -2.86. The molecular weight excluding hydrogens is 252 g/mol. The maximum absolute atomic E-state index is 11.8. The molecule has 2 rings (SSSR count). The Labute approximate surface area is 119 Å². The number of quaternary nitrogens is 1. The molecule has 0 bridgehead atoms. The van der Waals surface area contributed by atoms with Gasteiger partial charge in [0.05, 0.1) is 6.26 Å². The molecule has 1 heterocycles. The summed E-state index contributed by atoms with van der Waals surface area (Å²) in [6.07, 6.45) is 1.65. The van der Waals surface area contributed by atoms with Crippen LogP contribution in [0.3, 0.4) is 0 Å². The second-order valence-electron chi connectivity index (χ2n) is 4.95. The van der Waals surface area contributed by atoms with Crippen LogP contribution in [0, 0.1) is 6.92 Å². The van der Waals surface area contributed by atoms with Gasteiger partial charge in [0, 0.05) is 6.54 Å². The molecule has 4 nitrogen and oxygen atoms in total. The quantitative estimate of drug-likeness (QED) is 0.838. The molecule has 0 aliphatic rings. The second kappa shape index (κ2) is 6.91. The van der Waals surface area contributed by atoms with Crippen LogP contribution in [0.4, 0.5) is 0 Å². The third-order valence-corrected chi connectivity index (χ3v) is 3.39. The number of carbonyl (C=O) groups is 1. The molecule has 4 heteroatoms. The predicted molar refractivity (Wildman–Crippen MR) is 76.9 cm³/mol. The highest BCUT2D eigenvalue weighted by molar-refractivity contribution is 5.76. The number of nitrogens with two attached hydrogens (primary N) is 1. The van der Waals surface area contributed by atoms with Crippen molar-refractivity contribution in [3.8, 4) is 0 Å². The fourth-order valence-corrected chi connectivity index (χ4v) is 2.02. The first-order chi connectivity index (χ1) is 9.66. The lowest BCUT2D eigenvalue weighted by Gasteiger charge is -2.09. The van der Waals surface area contributed by atoms with Gasteiger partial charge in [-0.05, 0) is 37.1 Å². The zero-order valence-electron chi connectivity index (χ0n) is 11.9. The van der Waals surface area contributed by atoms with E-state index in [2.05, 4.69) is 5.32 Å². The van der Waals surface area contributed by atoms with Crippen molar-refractivity contribution in [2.24, 2.45) is 0 Å². The van der Waals surface area contributed by atoms with E-state index in [1.165, 1.54) is 5.56 Å². The number of nitrogens with one attached hydrogen (secondary N) is 1. The Bertz CT molecular complexity index is 549. The number of amides is 1. The number of furan rings is 1. The Kier molecular flexibility index (Phi) is 4.96. The summed E-state index contributed by atoms with van der Waals surface area (Å²) in [5, 5.41) is 4.90. The average molecular weight is 273 g/mol. The predicted octanol–water partition coefficient (Wildman–Crippen LogP) is 1.53. The molecule has 0 aliphatic carbocycles. The van der Waals surface area contributed by atoms with Crippen molar-refractivity contribution >= 4 is 5.91 Å². The summed E-state index contributed by atoms with van der Waals surface area (Å²) in [5.41, 5.74) is 2.35. The zero-order valence-corrected chi connectivity index (χ0v) is 11.9. The molecule has 1 atom stereocenters. The molecule has 0 unspecified atom stereocenters. The first-order valence-corrected chi connectivity index (χ1v) is 6.84. The van der Waals surface area contributed by atoms with Gasteiger partial charge in [-0.1, -0.05) is 24.3 Å². The summed E-state index contributed by atoms with van der Waals surface area (Å²) in [4.78, 5) is 11.8. The number of hydrogen-bond donors (Lipinski definition) is 2. The molecule has 2 aromatic rings. The van der Waals surface area contributed by atoms with Crippen molar-refractivity contribution in [1.82, 2.24) is 5.32 Å². The molecule has 0 fully saturated rings. The van der Waals surface area contributed by atoms with Crippen LogP contribution in [0.5, 0.6) is 0 Å². The van der Waals surface area contributed by atoms with Gasteiger partial charge in [0.25, 0.3) is 5.91 Å². The van der Waals surface area contributed by atoms with Crippen molar-refractivity contribution in [3.63, 3.8) is 0 Å². The van der Waals surface area contributed by atoms with E-state index in [-0.39, 0.29) is 11.9 Å². The van der Waals surface area contributed by atoms with Crippen LogP contribution in [0.1, 0.15) is 29.9 Å². The molecule has 1 aromatic carbocycles. The normalized spacial score (nSPS) is 12.1. The molecule has 20 heavy (non-hydrogen) atoms. The number of benzene rings is 1. The number of carbonyl (C=O) groups excluding carboxylic acids is 1. The fourth-order valence-electron chi connectivity index (χ4n) is 2.02. The van der Waals surface area contributed by atoms with E-state index in [1.807, 2.05) is 55.6 Å². The Hall–Kier alpha value is -2.07. The molecule has 1 amide bonds. The summed E-state index contributed by atoms with van der Waals surface area (Å²) in [6.45, 7) is 5.04. The van der Waals surface area contributed by atoms with Crippen LogP contribution in [0.25, 0.3) is 0 Å². The summed E-state index contributed by atoms with van der Waals surface area (Å²) >= 11 is 0. The molecule has 0 saturated heterocycles. The third kappa shape index (κ3) is 3.96. The van der Waals surface area contributed by atoms with Crippen LogP contribution >= 0.6 is 0 Å². The van der Waals surface area contributed by atoms with Crippen molar-refractivity contribution in [2.75, 3.05) is 6.54 Å². The molecule has 0 radical (unpaired) electrons. The van der Waals surface area contributed by atoms with Gasteiger partial charge in [0.2, 0.25) is 0 Å². The third-order valence-electron chi connectivity index (χ3n) is 3.39. The van der Waals surface area contributed by atoms with Crippen LogP contribution in [-0.4, -0.2) is 12.5 Å². The maximum atomic E-state index is 11.8. The number of rotatable bonds is 6. The van der Waals surface area contributed by atoms with Gasteiger partial charge in [0.15, 0.2) is 12.3 Å². The Morgan fingerprint density at radius 1 is 1.30 bits per heavy atom. The standard InChI is InChI=1S/C16H20N2O2/c1-12-6-3-4-7-14(12)10-18-16(19)11-17-13(2)15-8-5-9-20-15/h3-9,13,17H,10-11H2,1-2H3,(H,18,19)/p+1/t13-/m1/s1. The van der Waals surface area contributed by atoms with Gasteiger partial charge >= 0.3 is 0 Å². The van der Waals surface area contributed by atoms with E-state index >= 15 is 0 Å². The van der Waals surface area contributed by atoms with E-state index < -0.39 is 0 Å². The van der Waals surface area contributed by atoms with Crippen LogP contribution in [-0.2, 0) is 11.3 Å². The van der Waals surface area contributed by atoms with E-state index in [0.717, 1.165) is 11.3 Å². The van der Waals surface area contributed by atoms with Crippen LogP contribution in [0.15, 0.2) is 47.1 Å². The zero-order chi connectivity index (χ0) is 14.4. The smallest absolute Gasteiger partial charge is 0.275 e. The summed E-state index contributed by atoms with van der Waals surface area (Å²) in [7, 11) is 0. The van der Waals surface area contributed by atoms with E-state index in [0.29, 0.717) is 13.1 Å². The van der Waals surface area contributed by atoms with Gasteiger partial charge in [-0.3, -0.25) is 4.79 Å². The number of aryl methyl sites for hydroxylation is 1. The maximum Gasteiger partial charge on any atom is 0.275 e. The molecule has 0 spiro atoms. The van der Waals surface area contributed by atoms with Crippen molar-refractivity contribution in [3.05, 3.63) is 59.5 Å². The molecule has 0 aliphatic heterocycles. The first-order valence-electron chi connectivity index (χ1n) is 6.84. The SMILES string of the molecule is Cc1ccccc1CNC(=O)C[NH2+][C@H](C)c1ccco1. The minimum Gasteiger partial charge on any atom is -0.463 e. The average Bonchev–Trinajstić information content (AvgIpc) is 2.98. The van der Waals surface area contributed by atoms with Crippen molar-refractivity contribution < 1.29 is 14.5 Å². The minimum absolute atomic E-state index is 0.0339. The second-order valence-corrected chi connectivity index (χ2v) is 4.95. The molecule has 1 aromatic heterocycles. The van der Waals surface area contributed by atoms with Crippen LogP contribution < -0.4 is 10.6 Å². The summed E-state index contributed by atoms with van der Waals surface area (Å²) < 4.78 is 5.31. The lowest BCUT2D eigenvalue weighted by molar-refractivity contribution is -0.684. The van der Waals surface area contributed by atoms with Crippen molar-refractivity contribution in [2.45, 2.75) is 26.4 Å². The van der Waals surface area contributed by atoms with Gasteiger partial charge in [-0.2, -0.15) is 0 Å². The highest BCUT2D eigenvalue weighted by atomic mass is 16.3. The molecule has 106 valence electrons.